The molecule has 90 valence electrons. The number of nitrogens with zero attached hydrogens (tertiary/aromatic N) is 1. The van der Waals surface area contributed by atoms with E-state index in [1.165, 1.54) is 0 Å². The Balaban J connectivity index is 2.05. The summed E-state index contributed by atoms with van der Waals surface area (Å²) < 4.78 is 5.37. The lowest BCUT2D eigenvalue weighted by atomic mass is 9.98. The van der Waals surface area contributed by atoms with Crippen LogP contribution in [-0.4, -0.2) is 48.6 Å². The molecule has 2 amide bonds. The minimum Gasteiger partial charge on any atom is -0.377 e. The number of rotatable bonds is 1. The maximum atomic E-state index is 12.2. The van der Waals surface area contributed by atoms with Gasteiger partial charge >= 0.3 is 0 Å². The fourth-order valence-corrected chi connectivity index (χ4v) is 2.27. The molecule has 1 N–H and O–H groups in total. The van der Waals surface area contributed by atoms with Crippen molar-refractivity contribution in [1.29, 1.82) is 0 Å². The smallest absolute Gasteiger partial charge is 0.228 e. The summed E-state index contributed by atoms with van der Waals surface area (Å²) in [6.07, 6.45) is 0.326. The van der Waals surface area contributed by atoms with Crippen LogP contribution >= 0.6 is 0 Å². The molecule has 0 bridgehead atoms. The lowest BCUT2D eigenvalue weighted by molar-refractivity contribution is -0.150. The third-order valence-electron chi connectivity index (χ3n) is 3.24. The van der Waals surface area contributed by atoms with Gasteiger partial charge in [-0.2, -0.15) is 0 Å². The number of carbonyl (C=O) groups excluding carboxylic acids is 2. The van der Waals surface area contributed by atoms with Crippen LogP contribution in [0.1, 0.15) is 20.3 Å². The first-order valence-corrected chi connectivity index (χ1v) is 5.66. The van der Waals surface area contributed by atoms with Crippen molar-refractivity contribution in [3.63, 3.8) is 0 Å². The largest absolute Gasteiger partial charge is 0.377 e. The van der Waals surface area contributed by atoms with Crippen molar-refractivity contribution >= 4 is 11.8 Å². The molecule has 0 spiro atoms. The van der Waals surface area contributed by atoms with Crippen molar-refractivity contribution in [2.45, 2.75) is 25.8 Å². The molecular weight excluding hydrogens is 208 g/mol. The Labute approximate surface area is 95.1 Å². The molecule has 1 unspecified atom stereocenters. The van der Waals surface area contributed by atoms with E-state index >= 15 is 0 Å². The lowest BCUT2D eigenvalue weighted by Gasteiger charge is -2.43. The van der Waals surface area contributed by atoms with E-state index in [4.69, 9.17) is 4.74 Å². The summed E-state index contributed by atoms with van der Waals surface area (Å²) in [5.41, 5.74) is -0.263. The Kier molecular flexibility index (Phi) is 2.88. The van der Waals surface area contributed by atoms with Gasteiger partial charge in [0, 0.05) is 19.5 Å². The highest BCUT2D eigenvalue weighted by Gasteiger charge is 2.39. The first-order valence-electron chi connectivity index (χ1n) is 5.66. The molecule has 2 aliphatic heterocycles. The number of nitrogens with one attached hydrogen (secondary N) is 1. The molecule has 0 aromatic rings. The molecule has 5 heteroatoms. The van der Waals surface area contributed by atoms with Crippen molar-refractivity contribution in [1.82, 2.24) is 10.2 Å². The van der Waals surface area contributed by atoms with Crippen LogP contribution in [0, 0.1) is 5.92 Å². The van der Waals surface area contributed by atoms with Gasteiger partial charge in [-0.15, -0.1) is 0 Å². The van der Waals surface area contributed by atoms with Gasteiger partial charge < -0.3 is 15.0 Å². The quantitative estimate of drug-likeness (QED) is 0.671. The molecule has 2 heterocycles. The molecule has 2 fully saturated rings. The number of morpholine rings is 1. The maximum absolute atomic E-state index is 12.2. The zero-order valence-electron chi connectivity index (χ0n) is 9.78. The predicted molar refractivity (Wildman–Crippen MR) is 57.7 cm³/mol. The molecule has 5 nitrogen and oxygen atoms in total. The Morgan fingerprint density at radius 1 is 1.56 bits per heavy atom. The van der Waals surface area contributed by atoms with Crippen LogP contribution in [0.4, 0.5) is 0 Å². The zero-order valence-corrected chi connectivity index (χ0v) is 9.78. The van der Waals surface area contributed by atoms with Gasteiger partial charge in [0.25, 0.3) is 0 Å². The molecule has 0 aliphatic carbocycles. The summed E-state index contributed by atoms with van der Waals surface area (Å²) in [4.78, 5) is 25.2. The molecule has 1 atom stereocenters. The van der Waals surface area contributed by atoms with Gasteiger partial charge in [0.15, 0.2) is 0 Å². The minimum atomic E-state index is -0.263. The summed E-state index contributed by atoms with van der Waals surface area (Å²) in [6.45, 7) is 6.24. The molecule has 2 rings (SSSR count). The van der Waals surface area contributed by atoms with Crippen molar-refractivity contribution in [2.75, 3.05) is 26.3 Å². The van der Waals surface area contributed by atoms with E-state index in [2.05, 4.69) is 5.32 Å². The Bertz CT molecular complexity index is 314. The standard InChI is InChI=1S/C11H18N2O3/c1-11(2)7-16-4-3-13(11)10(15)8-5-9(14)12-6-8/h8H,3-7H2,1-2H3,(H,12,14). The van der Waals surface area contributed by atoms with Crippen LogP contribution in [0.5, 0.6) is 0 Å². The summed E-state index contributed by atoms with van der Waals surface area (Å²) in [7, 11) is 0. The average Bonchev–Trinajstić information content (AvgIpc) is 2.63. The Hall–Kier alpha value is -1.10. The topological polar surface area (TPSA) is 58.6 Å². The fourth-order valence-electron chi connectivity index (χ4n) is 2.27. The highest BCUT2D eigenvalue weighted by atomic mass is 16.5. The SMILES string of the molecule is CC1(C)COCCN1C(=O)C1CNC(=O)C1. The highest BCUT2D eigenvalue weighted by Crippen LogP contribution is 2.23. The maximum Gasteiger partial charge on any atom is 0.228 e. The third kappa shape index (κ3) is 2.04. The van der Waals surface area contributed by atoms with Gasteiger partial charge in [-0.25, -0.2) is 0 Å². The molecule has 0 aromatic carbocycles. The van der Waals surface area contributed by atoms with Crippen molar-refractivity contribution in [2.24, 2.45) is 5.92 Å². The van der Waals surface area contributed by atoms with E-state index in [1.807, 2.05) is 18.7 Å². The van der Waals surface area contributed by atoms with Crippen molar-refractivity contribution < 1.29 is 14.3 Å². The number of hydrogen-bond acceptors (Lipinski definition) is 3. The average molecular weight is 226 g/mol. The second kappa shape index (κ2) is 4.05. The van der Waals surface area contributed by atoms with Crippen LogP contribution < -0.4 is 5.32 Å². The minimum absolute atomic E-state index is 0.0237. The number of ether oxygens (including phenoxy) is 1. The summed E-state index contributed by atoms with van der Waals surface area (Å²) in [5.74, 6) is -0.138. The van der Waals surface area contributed by atoms with Gasteiger partial charge in [0.1, 0.15) is 0 Å². The van der Waals surface area contributed by atoms with Crippen LogP contribution in [0.2, 0.25) is 0 Å². The number of hydrogen-bond donors (Lipinski definition) is 1. The van der Waals surface area contributed by atoms with Crippen molar-refractivity contribution in [3.8, 4) is 0 Å². The van der Waals surface area contributed by atoms with Gasteiger partial charge in [-0.3, -0.25) is 9.59 Å². The Morgan fingerprint density at radius 2 is 2.31 bits per heavy atom. The third-order valence-corrected chi connectivity index (χ3v) is 3.24. The number of carbonyl (C=O) groups is 2. The van der Waals surface area contributed by atoms with Gasteiger partial charge in [0.05, 0.1) is 24.7 Å². The van der Waals surface area contributed by atoms with E-state index in [1.54, 1.807) is 0 Å². The van der Waals surface area contributed by atoms with Crippen LogP contribution in [-0.2, 0) is 14.3 Å². The molecular formula is C11H18N2O3. The molecule has 2 aliphatic rings. The van der Waals surface area contributed by atoms with Crippen LogP contribution in [0.3, 0.4) is 0 Å². The van der Waals surface area contributed by atoms with Crippen molar-refractivity contribution in [3.05, 3.63) is 0 Å². The van der Waals surface area contributed by atoms with E-state index < -0.39 is 0 Å². The van der Waals surface area contributed by atoms with Crippen LogP contribution in [0.15, 0.2) is 0 Å². The van der Waals surface area contributed by atoms with E-state index in [0.29, 0.717) is 32.7 Å². The monoisotopic (exact) mass is 226 g/mol. The van der Waals surface area contributed by atoms with Crippen LogP contribution in [0.25, 0.3) is 0 Å². The zero-order chi connectivity index (χ0) is 11.8. The summed E-state index contributed by atoms with van der Waals surface area (Å²) in [5, 5.41) is 2.70. The molecule has 2 saturated heterocycles. The number of amides is 2. The van der Waals surface area contributed by atoms with E-state index in [9.17, 15) is 9.59 Å². The first-order chi connectivity index (χ1) is 7.50. The lowest BCUT2D eigenvalue weighted by Crippen LogP contribution is -2.57. The van der Waals surface area contributed by atoms with Gasteiger partial charge in [-0.05, 0) is 13.8 Å². The highest BCUT2D eigenvalue weighted by molar-refractivity contribution is 5.89. The summed E-state index contributed by atoms with van der Waals surface area (Å²) >= 11 is 0. The molecule has 0 saturated carbocycles. The molecule has 0 radical (unpaired) electrons. The molecule has 0 aromatic heterocycles. The second-order valence-corrected chi connectivity index (χ2v) is 5.06. The fraction of sp³-hybridized carbons (Fsp3) is 0.818. The van der Waals surface area contributed by atoms with E-state index in [0.717, 1.165) is 0 Å². The normalized spacial score (nSPS) is 29.0. The predicted octanol–water partition coefficient (Wildman–Crippen LogP) is -0.240. The first kappa shape index (κ1) is 11.4. The van der Waals surface area contributed by atoms with Gasteiger partial charge in [0.2, 0.25) is 11.8 Å². The van der Waals surface area contributed by atoms with Gasteiger partial charge in [-0.1, -0.05) is 0 Å². The Morgan fingerprint density at radius 3 is 2.88 bits per heavy atom. The molecule has 16 heavy (non-hydrogen) atoms. The summed E-state index contributed by atoms with van der Waals surface area (Å²) in [6, 6.07) is 0. The second-order valence-electron chi connectivity index (χ2n) is 5.06. The van der Waals surface area contributed by atoms with E-state index in [-0.39, 0.29) is 23.3 Å².